The fourth-order valence-electron chi connectivity index (χ4n) is 2.13. The third-order valence-electron chi connectivity index (χ3n) is 3.24. The zero-order chi connectivity index (χ0) is 13.2. The molecule has 2 heterocycles. The van der Waals surface area contributed by atoms with E-state index in [1.54, 1.807) is 4.90 Å². The van der Waals surface area contributed by atoms with Gasteiger partial charge in [0.2, 0.25) is 5.72 Å². The number of H-pyrrole nitrogens is 1. The van der Waals surface area contributed by atoms with Gasteiger partial charge in [-0.3, -0.25) is 15.0 Å². The first-order chi connectivity index (χ1) is 8.56. The molecule has 18 heavy (non-hydrogen) atoms. The molecule has 0 saturated carbocycles. The molecule has 1 saturated heterocycles. The Morgan fingerprint density at radius 3 is 2.83 bits per heavy atom. The first-order valence-corrected chi connectivity index (χ1v) is 5.75. The maximum Gasteiger partial charge on any atom is 0.259 e. The highest BCUT2D eigenvalue weighted by atomic mass is 16.6. The molecule has 0 bridgehead atoms. The van der Waals surface area contributed by atoms with Gasteiger partial charge in [-0.25, -0.2) is 4.98 Å². The van der Waals surface area contributed by atoms with E-state index in [9.17, 15) is 15.2 Å². The maximum absolute atomic E-state index is 11.0. The summed E-state index contributed by atoms with van der Waals surface area (Å²) in [5.41, 5.74) is -1.74. The second-order valence-electron chi connectivity index (χ2n) is 4.22. The van der Waals surface area contributed by atoms with Crippen LogP contribution >= 0.6 is 0 Å². The minimum Gasteiger partial charge on any atom is -0.379 e. The van der Waals surface area contributed by atoms with E-state index in [0.717, 1.165) is 0 Å². The Balaban J connectivity index is 2.35. The number of nitro groups is 1. The molecule has 2 rings (SSSR count). The smallest absolute Gasteiger partial charge is 0.259 e. The van der Waals surface area contributed by atoms with Crippen molar-refractivity contribution in [1.82, 2.24) is 14.9 Å². The number of aromatic amines is 1. The van der Waals surface area contributed by atoms with Gasteiger partial charge in [0.15, 0.2) is 5.82 Å². The molecule has 0 spiro atoms. The number of rotatable bonds is 4. The number of hydrogen-bond donors (Lipinski definition) is 2. The molecule has 100 valence electrons. The van der Waals surface area contributed by atoms with Gasteiger partial charge < -0.3 is 14.8 Å². The van der Waals surface area contributed by atoms with Crippen LogP contribution < -0.4 is 0 Å². The number of hydrogen-bond acceptors (Lipinski definition) is 6. The molecule has 2 unspecified atom stereocenters. The molecule has 1 aliphatic heterocycles. The highest BCUT2D eigenvalue weighted by Crippen LogP contribution is 2.29. The highest BCUT2D eigenvalue weighted by Gasteiger charge is 2.51. The Bertz CT molecular complexity index is 404. The molecule has 1 aromatic heterocycles. The number of aliphatic hydroxyl groups is 1. The fraction of sp³-hybridized carbons (Fsp3) is 0.700. The second kappa shape index (κ2) is 5.01. The van der Waals surface area contributed by atoms with Crippen molar-refractivity contribution in [3.63, 3.8) is 0 Å². The number of nitrogens with zero attached hydrogens (tertiary/aromatic N) is 3. The Hall–Kier alpha value is -1.51. The molecule has 0 aromatic carbocycles. The molecule has 0 amide bonds. The Morgan fingerprint density at radius 2 is 2.33 bits per heavy atom. The largest absolute Gasteiger partial charge is 0.379 e. The van der Waals surface area contributed by atoms with Gasteiger partial charge in [-0.05, 0) is 0 Å². The summed E-state index contributed by atoms with van der Waals surface area (Å²) in [4.78, 5) is 18.9. The van der Waals surface area contributed by atoms with Gasteiger partial charge >= 0.3 is 0 Å². The Labute approximate surface area is 104 Å². The molecule has 1 aromatic rings. The van der Waals surface area contributed by atoms with Crippen LogP contribution in [0.25, 0.3) is 0 Å². The fourth-order valence-corrected chi connectivity index (χ4v) is 2.13. The van der Waals surface area contributed by atoms with E-state index in [1.165, 1.54) is 19.3 Å². The summed E-state index contributed by atoms with van der Waals surface area (Å²) >= 11 is 0. The minimum atomic E-state index is -1.74. The Kier molecular flexibility index (Phi) is 3.60. The van der Waals surface area contributed by atoms with E-state index in [0.29, 0.717) is 26.3 Å². The summed E-state index contributed by atoms with van der Waals surface area (Å²) in [5, 5.41) is 21.8. The van der Waals surface area contributed by atoms with Crippen molar-refractivity contribution < 1.29 is 14.8 Å². The lowest BCUT2D eigenvalue weighted by molar-refractivity contribution is -0.555. The van der Waals surface area contributed by atoms with Crippen LogP contribution in [0.3, 0.4) is 0 Å². The number of imidazole rings is 1. The predicted octanol–water partition coefficient (Wildman–Crippen LogP) is -0.448. The van der Waals surface area contributed by atoms with Crippen LogP contribution in [0.5, 0.6) is 0 Å². The van der Waals surface area contributed by atoms with Crippen LogP contribution in [-0.2, 0) is 10.5 Å². The average molecular weight is 256 g/mol. The van der Waals surface area contributed by atoms with E-state index in [-0.39, 0.29) is 5.82 Å². The molecule has 1 aliphatic rings. The topological polar surface area (TPSA) is 105 Å². The van der Waals surface area contributed by atoms with Crippen molar-refractivity contribution in [2.24, 2.45) is 0 Å². The molecule has 2 atom stereocenters. The lowest BCUT2D eigenvalue weighted by Crippen LogP contribution is -2.59. The third kappa shape index (κ3) is 2.09. The number of aromatic nitrogens is 2. The monoisotopic (exact) mass is 256 g/mol. The molecule has 1 fully saturated rings. The zero-order valence-electron chi connectivity index (χ0n) is 10.1. The van der Waals surface area contributed by atoms with Gasteiger partial charge in [-0.1, -0.05) is 0 Å². The van der Waals surface area contributed by atoms with Gasteiger partial charge in [0.1, 0.15) is 0 Å². The Morgan fingerprint density at radius 1 is 1.67 bits per heavy atom. The van der Waals surface area contributed by atoms with Gasteiger partial charge in [0.05, 0.1) is 13.2 Å². The lowest BCUT2D eigenvalue weighted by Gasteiger charge is -2.40. The van der Waals surface area contributed by atoms with E-state index < -0.39 is 16.7 Å². The van der Waals surface area contributed by atoms with Crippen LogP contribution in [0.15, 0.2) is 12.4 Å². The van der Waals surface area contributed by atoms with E-state index in [4.69, 9.17) is 4.74 Å². The molecular formula is C10H16N4O4. The van der Waals surface area contributed by atoms with Crippen molar-refractivity contribution in [1.29, 1.82) is 0 Å². The van der Waals surface area contributed by atoms with Gasteiger partial charge in [0, 0.05) is 37.3 Å². The molecule has 8 nitrogen and oxygen atoms in total. The normalized spacial score (nSPS) is 22.3. The SMILES string of the molecule is CC([N+](=O)[O-])C(O)(c1ncc[nH]1)N1CCOCC1. The van der Waals surface area contributed by atoms with Gasteiger partial charge in [-0.15, -0.1) is 0 Å². The quantitative estimate of drug-likeness (QED) is 0.558. The summed E-state index contributed by atoms with van der Waals surface area (Å²) in [5.74, 6) is 0.189. The zero-order valence-corrected chi connectivity index (χ0v) is 10.1. The van der Waals surface area contributed by atoms with Crippen molar-refractivity contribution in [3.8, 4) is 0 Å². The first-order valence-electron chi connectivity index (χ1n) is 5.75. The first kappa shape index (κ1) is 12.9. The van der Waals surface area contributed by atoms with E-state index >= 15 is 0 Å². The molecule has 2 N–H and O–H groups in total. The van der Waals surface area contributed by atoms with Crippen molar-refractivity contribution in [2.75, 3.05) is 26.3 Å². The molecular weight excluding hydrogens is 240 g/mol. The summed E-state index contributed by atoms with van der Waals surface area (Å²) in [6.07, 6.45) is 3.00. The molecule has 0 aliphatic carbocycles. The van der Waals surface area contributed by atoms with Crippen LogP contribution in [0.2, 0.25) is 0 Å². The van der Waals surface area contributed by atoms with Crippen LogP contribution in [-0.4, -0.2) is 57.2 Å². The summed E-state index contributed by atoms with van der Waals surface area (Å²) in [7, 11) is 0. The van der Waals surface area contributed by atoms with Crippen molar-refractivity contribution >= 4 is 0 Å². The van der Waals surface area contributed by atoms with E-state index in [2.05, 4.69) is 9.97 Å². The predicted molar refractivity (Wildman–Crippen MR) is 61.3 cm³/mol. The third-order valence-corrected chi connectivity index (χ3v) is 3.24. The summed E-state index contributed by atoms with van der Waals surface area (Å²) < 4.78 is 5.20. The molecule has 8 heteroatoms. The highest BCUT2D eigenvalue weighted by molar-refractivity contribution is 5.05. The van der Waals surface area contributed by atoms with Crippen LogP contribution in [0.1, 0.15) is 12.7 Å². The minimum absolute atomic E-state index is 0.189. The van der Waals surface area contributed by atoms with Gasteiger partial charge in [-0.2, -0.15) is 0 Å². The van der Waals surface area contributed by atoms with Crippen molar-refractivity contribution in [3.05, 3.63) is 28.3 Å². The lowest BCUT2D eigenvalue weighted by atomic mass is 10.0. The summed E-state index contributed by atoms with van der Waals surface area (Å²) in [6, 6.07) is -1.19. The van der Waals surface area contributed by atoms with Crippen LogP contribution in [0.4, 0.5) is 0 Å². The van der Waals surface area contributed by atoms with E-state index in [1.807, 2.05) is 0 Å². The standard InChI is InChI=1S/C10H16N4O4/c1-8(14(16)17)10(15,9-11-2-3-12-9)13-4-6-18-7-5-13/h2-3,8,15H,4-7H2,1H3,(H,11,12). The number of nitrogens with one attached hydrogen (secondary N) is 1. The maximum atomic E-state index is 11.0. The molecule has 0 radical (unpaired) electrons. The van der Waals surface area contributed by atoms with Crippen molar-refractivity contribution in [2.45, 2.75) is 18.7 Å². The summed E-state index contributed by atoms with van der Waals surface area (Å²) in [6.45, 7) is 3.10. The number of ether oxygens (including phenoxy) is 1. The van der Waals surface area contributed by atoms with Crippen LogP contribution in [0, 0.1) is 10.1 Å². The second-order valence-corrected chi connectivity index (χ2v) is 4.22. The van der Waals surface area contributed by atoms with Gasteiger partial charge in [0.25, 0.3) is 6.04 Å². The average Bonchev–Trinajstić information content (AvgIpc) is 2.92. The number of morpholine rings is 1.